The molecule has 1 aliphatic heterocycles. The van der Waals surface area contributed by atoms with Crippen molar-refractivity contribution in [3.63, 3.8) is 0 Å². The standard InChI is InChI=1S/C24H29N5OS/c1-19-8-10-22(11-9-19)29-18-25-26-24(29)31-17-23(30)28-13-5-12-27(14-15-28)16-21-7-4-3-6-20(21)2/h3-4,6-11,18H,5,12-17H2,1-2H3. The second-order valence-electron chi connectivity index (χ2n) is 8.04. The molecule has 4 rings (SSSR count). The third-order valence-electron chi connectivity index (χ3n) is 5.75. The minimum absolute atomic E-state index is 0.168. The number of thioether (sulfide) groups is 1. The molecule has 1 saturated heterocycles. The van der Waals surface area contributed by atoms with E-state index < -0.39 is 0 Å². The lowest BCUT2D eigenvalue weighted by Gasteiger charge is -2.22. The van der Waals surface area contributed by atoms with Gasteiger partial charge in [-0.2, -0.15) is 0 Å². The third-order valence-corrected chi connectivity index (χ3v) is 6.68. The highest BCUT2D eigenvalue weighted by molar-refractivity contribution is 7.99. The minimum atomic E-state index is 0.168. The van der Waals surface area contributed by atoms with Crippen LogP contribution in [0.3, 0.4) is 0 Å². The van der Waals surface area contributed by atoms with E-state index in [9.17, 15) is 4.79 Å². The van der Waals surface area contributed by atoms with Crippen LogP contribution in [0, 0.1) is 13.8 Å². The Morgan fingerprint density at radius 1 is 1.00 bits per heavy atom. The van der Waals surface area contributed by atoms with Crippen molar-refractivity contribution in [1.29, 1.82) is 0 Å². The molecular formula is C24H29N5OS. The molecule has 6 nitrogen and oxygen atoms in total. The van der Waals surface area contributed by atoms with E-state index in [2.05, 4.69) is 65.3 Å². The summed E-state index contributed by atoms with van der Waals surface area (Å²) in [5.74, 6) is 0.545. The first-order valence-corrected chi connectivity index (χ1v) is 11.7. The van der Waals surface area contributed by atoms with E-state index in [-0.39, 0.29) is 5.91 Å². The highest BCUT2D eigenvalue weighted by atomic mass is 32.2. The number of hydrogen-bond donors (Lipinski definition) is 0. The van der Waals surface area contributed by atoms with E-state index in [1.807, 2.05) is 21.6 Å². The summed E-state index contributed by atoms with van der Waals surface area (Å²) in [6, 6.07) is 16.8. The number of aryl methyl sites for hydroxylation is 2. The molecule has 2 aromatic carbocycles. The van der Waals surface area contributed by atoms with Crippen molar-refractivity contribution in [1.82, 2.24) is 24.6 Å². The molecule has 2 heterocycles. The Morgan fingerprint density at radius 2 is 1.81 bits per heavy atom. The van der Waals surface area contributed by atoms with Crippen molar-refractivity contribution in [2.45, 2.75) is 32.0 Å². The second-order valence-corrected chi connectivity index (χ2v) is 8.99. The normalized spacial score (nSPS) is 15.1. The van der Waals surface area contributed by atoms with Gasteiger partial charge >= 0.3 is 0 Å². The van der Waals surface area contributed by atoms with Crippen molar-refractivity contribution in [3.8, 4) is 5.69 Å². The molecular weight excluding hydrogens is 406 g/mol. The Morgan fingerprint density at radius 3 is 2.61 bits per heavy atom. The van der Waals surface area contributed by atoms with Crippen LogP contribution < -0.4 is 0 Å². The summed E-state index contributed by atoms with van der Waals surface area (Å²) < 4.78 is 1.93. The van der Waals surface area contributed by atoms with E-state index in [0.29, 0.717) is 5.75 Å². The minimum Gasteiger partial charge on any atom is -0.341 e. The Hall–Kier alpha value is -2.64. The first kappa shape index (κ1) is 21.6. The molecule has 162 valence electrons. The van der Waals surface area contributed by atoms with Gasteiger partial charge in [0.2, 0.25) is 5.91 Å². The number of benzene rings is 2. The van der Waals surface area contributed by atoms with Crippen LogP contribution in [0.1, 0.15) is 23.1 Å². The molecule has 0 aliphatic carbocycles. The van der Waals surface area contributed by atoms with Gasteiger partial charge in [-0.3, -0.25) is 14.3 Å². The number of rotatable bonds is 6. The molecule has 0 N–H and O–H groups in total. The lowest BCUT2D eigenvalue weighted by Crippen LogP contribution is -2.36. The number of nitrogens with zero attached hydrogens (tertiary/aromatic N) is 5. The SMILES string of the molecule is Cc1ccc(-n2cnnc2SCC(=O)N2CCCN(Cc3ccccc3C)CC2)cc1. The van der Waals surface area contributed by atoms with E-state index in [1.54, 1.807) is 6.33 Å². The van der Waals surface area contributed by atoms with Crippen LogP contribution in [-0.2, 0) is 11.3 Å². The van der Waals surface area contributed by atoms with Crippen molar-refractivity contribution in [2.24, 2.45) is 0 Å². The molecule has 1 aliphatic rings. The van der Waals surface area contributed by atoms with Gasteiger partial charge in [-0.05, 0) is 43.5 Å². The molecule has 1 amide bonds. The van der Waals surface area contributed by atoms with Crippen molar-refractivity contribution in [2.75, 3.05) is 31.9 Å². The van der Waals surface area contributed by atoms with Gasteiger partial charge in [-0.25, -0.2) is 0 Å². The number of aromatic nitrogens is 3. The number of carbonyl (C=O) groups is 1. The molecule has 31 heavy (non-hydrogen) atoms. The van der Waals surface area contributed by atoms with Gasteiger partial charge in [0.15, 0.2) is 5.16 Å². The smallest absolute Gasteiger partial charge is 0.233 e. The fraction of sp³-hybridized carbons (Fsp3) is 0.375. The summed E-state index contributed by atoms with van der Waals surface area (Å²) in [4.78, 5) is 17.3. The molecule has 0 spiro atoms. The first-order valence-electron chi connectivity index (χ1n) is 10.7. The third kappa shape index (κ3) is 5.54. The van der Waals surface area contributed by atoms with Crippen LogP contribution in [0.5, 0.6) is 0 Å². The summed E-state index contributed by atoms with van der Waals surface area (Å²) >= 11 is 1.45. The van der Waals surface area contributed by atoms with E-state index in [1.165, 1.54) is 28.5 Å². The molecule has 1 fully saturated rings. The quantitative estimate of drug-likeness (QED) is 0.553. The molecule has 1 aromatic heterocycles. The lowest BCUT2D eigenvalue weighted by atomic mass is 10.1. The summed E-state index contributed by atoms with van der Waals surface area (Å²) in [5, 5.41) is 9.00. The van der Waals surface area contributed by atoms with Crippen molar-refractivity contribution < 1.29 is 4.79 Å². The number of hydrogen-bond acceptors (Lipinski definition) is 5. The number of carbonyl (C=O) groups excluding carboxylic acids is 1. The predicted molar refractivity (Wildman–Crippen MR) is 124 cm³/mol. The maximum atomic E-state index is 12.9. The topological polar surface area (TPSA) is 54.3 Å². The maximum absolute atomic E-state index is 12.9. The van der Waals surface area contributed by atoms with Gasteiger partial charge < -0.3 is 4.90 Å². The van der Waals surface area contributed by atoms with Crippen LogP contribution in [-0.4, -0.2) is 62.4 Å². The Balaban J connectivity index is 1.31. The Labute approximate surface area is 188 Å². The van der Waals surface area contributed by atoms with Gasteiger partial charge in [0.1, 0.15) is 6.33 Å². The zero-order chi connectivity index (χ0) is 21.6. The molecule has 3 aromatic rings. The summed E-state index contributed by atoms with van der Waals surface area (Å²) in [6.07, 6.45) is 2.70. The molecule has 0 saturated carbocycles. The molecule has 0 radical (unpaired) electrons. The van der Waals surface area contributed by atoms with Crippen LogP contribution in [0.15, 0.2) is 60.0 Å². The summed E-state index contributed by atoms with van der Waals surface area (Å²) in [7, 11) is 0. The van der Waals surface area contributed by atoms with Gasteiger partial charge in [0.05, 0.1) is 5.75 Å². The molecule has 0 unspecified atom stereocenters. The largest absolute Gasteiger partial charge is 0.341 e. The van der Waals surface area contributed by atoms with Gasteiger partial charge in [-0.15, -0.1) is 10.2 Å². The van der Waals surface area contributed by atoms with E-state index in [4.69, 9.17) is 0 Å². The fourth-order valence-corrected chi connectivity index (χ4v) is 4.66. The van der Waals surface area contributed by atoms with Gasteiger partial charge in [0, 0.05) is 38.4 Å². The summed E-state index contributed by atoms with van der Waals surface area (Å²) in [6.45, 7) is 8.69. The van der Waals surface area contributed by atoms with Gasteiger partial charge in [0.25, 0.3) is 0 Å². The monoisotopic (exact) mass is 435 g/mol. The average molecular weight is 436 g/mol. The van der Waals surface area contributed by atoms with Crippen LogP contribution in [0.2, 0.25) is 0 Å². The highest BCUT2D eigenvalue weighted by Gasteiger charge is 2.20. The maximum Gasteiger partial charge on any atom is 0.233 e. The van der Waals surface area contributed by atoms with E-state index in [0.717, 1.165) is 50.0 Å². The Bertz CT molecular complexity index is 1020. The van der Waals surface area contributed by atoms with Crippen LogP contribution in [0.4, 0.5) is 0 Å². The van der Waals surface area contributed by atoms with Crippen molar-refractivity contribution in [3.05, 3.63) is 71.5 Å². The zero-order valence-corrected chi connectivity index (χ0v) is 19.0. The second kappa shape index (κ2) is 10.1. The van der Waals surface area contributed by atoms with E-state index >= 15 is 0 Å². The van der Waals surface area contributed by atoms with Gasteiger partial charge in [-0.1, -0.05) is 53.7 Å². The molecule has 0 atom stereocenters. The predicted octanol–water partition coefficient (Wildman–Crippen LogP) is 3.71. The lowest BCUT2D eigenvalue weighted by molar-refractivity contribution is -0.128. The van der Waals surface area contributed by atoms with Crippen LogP contribution in [0.25, 0.3) is 5.69 Å². The van der Waals surface area contributed by atoms with Crippen LogP contribution >= 0.6 is 11.8 Å². The first-order chi connectivity index (χ1) is 15.1. The average Bonchev–Trinajstić information content (AvgIpc) is 3.12. The zero-order valence-electron chi connectivity index (χ0n) is 18.2. The molecule has 0 bridgehead atoms. The highest BCUT2D eigenvalue weighted by Crippen LogP contribution is 2.21. The fourth-order valence-electron chi connectivity index (χ4n) is 3.83. The number of amides is 1. The Kier molecular flexibility index (Phi) is 7.04. The van der Waals surface area contributed by atoms with Crippen molar-refractivity contribution >= 4 is 17.7 Å². The summed E-state index contributed by atoms with van der Waals surface area (Å²) in [5.41, 5.74) is 4.91. The molecule has 7 heteroatoms.